The lowest BCUT2D eigenvalue weighted by molar-refractivity contribution is 0.0400. The van der Waals surface area contributed by atoms with Gasteiger partial charge in [-0.3, -0.25) is 14.5 Å². The minimum Gasteiger partial charge on any atom is -0.296 e. The molecule has 1 aromatic heterocycles. The second-order valence-electron chi connectivity index (χ2n) is 6.14. The molecule has 2 aliphatic heterocycles. The van der Waals surface area contributed by atoms with E-state index in [-0.39, 0.29) is 0 Å². The fourth-order valence-electron chi connectivity index (χ4n) is 3.81. The van der Waals surface area contributed by atoms with E-state index in [0.717, 1.165) is 18.6 Å². The molecule has 3 heterocycles. The van der Waals surface area contributed by atoms with Gasteiger partial charge < -0.3 is 0 Å². The van der Waals surface area contributed by atoms with Crippen molar-refractivity contribution in [2.24, 2.45) is 7.05 Å². The van der Waals surface area contributed by atoms with Gasteiger partial charge in [0.15, 0.2) is 0 Å². The molecule has 100 valence electrons. The standard InChI is InChI=1S/C14H24N4/c1-11(2)18-13-4-5-14(18)10-17(9-13)8-12-6-15-16(3)7-12/h6-7,11,13-14H,4-5,8-10H2,1-3H3/t13-,14-/m0/s1. The van der Waals surface area contributed by atoms with E-state index >= 15 is 0 Å². The maximum Gasteiger partial charge on any atom is 0.0534 e. The molecular weight excluding hydrogens is 224 g/mol. The monoisotopic (exact) mass is 248 g/mol. The zero-order valence-corrected chi connectivity index (χ0v) is 11.7. The molecule has 2 bridgehead atoms. The second-order valence-corrected chi connectivity index (χ2v) is 6.14. The average molecular weight is 248 g/mol. The first kappa shape index (κ1) is 12.2. The Balaban J connectivity index is 1.65. The molecule has 0 aromatic carbocycles. The van der Waals surface area contributed by atoms with Crippen molar-refractivity contribution in [2.45, 2.75) is 51.4 Å². The molecule has 0 saturated carbocycles. The van der Waals surface area contributed by atoms with E-state index in [1.807, 2.05) is 17.9 Å². The first-order chi connectivity index (χ1) is 8.63. The SMILES string of the molecule is CC(C)N1[C@H]2CC[C@H]1CN(Cc1cnn(C)c1)C2. The van der Waals surface area contributed by atoms with Crippen LogP contribution in [0.2, 0.25) is 0 Å². The van der Waals surface area contributed by atoms with Crippen molar-refractivity contribution < 1.29 is 0 Å². The number of fused-ring (bicyclic) bond motifs is 2. The molecule has 0 unspecified atom stereocenters. The third-order valence-corrected chi connectivity index (χ3v) is 4.38. The van der Waals surface area contributed by atoms with Gasteiger partial charge >= 0.3 is 0 Å². The van der Waals surface area contributed by atoms with Crippen molar-refractivity contribution in [3.05, 3.63) is 18.0 Å². The third kappa shape index (κ3) is 2.19. The van der Waals surface area contributed by atoms with E-state index in [4.69, 9.17) is 0 Å². The van der Waals surface area contributed by atoms with Gasteiger partial charge in [0.25, 0.3) is 0 Å². The maximum absolute atomic E-state index is 4.26. The van der Waals surface area contributed by atoms with Crippen LogP contribution in [0.25, 0.3) is 0 Å². The minimum absolute atomic E-state index is 0.697. The topological polar surface area (TPSA) is 24.3 Å². The van der Waals surface area contributed by atoms with Gasteiger partial charge in [-0.2, -0.15) is 5.10 Å². The van der Waals surface area contributed by atoms with Crippen molar-refractivity contribution in [1.29, 1.82) is 0 Å². The molecule has 4 heteroatoms. The number of hydrogen-bond acceptors (Lipinski definition) is 3. The highest BCUT2D eigenvalue weighted by atomic mass is 15.3. The van der Waals surface area contributed by atoms with Gasteiger partial charge in [-0.25, -0.2) is 0 Å². The zero-order chi connectivity index (χ0) is 12.7. The molecule has 2 saturated heterocycles. The van der Waals surface area contributed by atoms with Crippen molar-refractivity contribution in [2.75, 3.05) is 13.1 Å². The Labute approximate surface area is 110 Å². The molecule has 2 fully saturated rings. The maximum atomic E-state index is 4.26. The van der Waals surface area contributed by atoms with Crippen molar-refractivity contribution in [3.63, 3.8) is 0 Å². The average Bonchev–Trinajstić information content (AvgIpc) is 2.81. The summed E-state index contributed by atoms with van der Waals surface area (Å²) in [7, 11) is 1.99. The van der Waals surface area contributed by atoms with E-state index < -0.39 is 0 Å². The lowest BCUT2D eigenvalue weighted by atomic mass is 10.1. The van der Waals surface area contributed by atoms with Crippen molar-refractivity contribution in [3.8, 4) is 0 Å². The molecule has 0 radical (unpaired) electrons. The molecule has 4 nitrogen and oxygen atoms in total. The number of piperazine rings is 1. The number of rotatable bonds is 3. The quantitative estimate of drug-likeness (QED) is 0.810. The van der Waals surface area contributed by atoms with Crippen LogP contribution in [0.3, 0.4) is 0 Å². The summed E-state index contributed by atoms with van der Waals surface area (Å²) in [6.45, 7) is 8.18. The highest BCUT2D eigenvalue weighted by molar-refractivity contribution is 5.05. The van der Waals surface area contributed by atoms with Gasteiger partial charge in [-0.15, -0.1) is 0 Å². The molecule has 0 amide bonds. The van der Waals surface area contributed by atoms with Crippen LogP contribution < -0.4 is 0 Å². The summed E-state index contributed by atoms with van der Waals surface area (Å²) in [6.07, 6.45) is 6.90. The Kier molecular flexibility index (Phi) is 3.16. The molecule has 0 spiro atoms. The predicted molar refractivity (Wildman–Crippen MR) is 72.3 cm³/mol. The largest absolute Gasteiger partial charge is 0.296 e. The zero-order valence-electron chi connectivity index (χ0n) is 11.7. The third-order valence-electron chi connectivity index (χ3n) is 4.38. The lowest BCUT2D eigenvalue weighted by Gasteiger charge is -2.43. The Morgan fingerprint density at radius 2 is 1.94 bits per heavy atom. The van der Waals surface area contributed by atoms with Gasteiger partial charge in [-0.1, -0.05) is 0 Å². The Morgan fingerprint density at radius 1 is 1.28 bits per heavy atom. The fraction of sp³-hybridized carbons (Fsp3) is 0.786. The van der Waals surface area contributed by atoms with E-state index in [1.165, 1.54) is 31.5 Å². The van der Waals surface area contributed by atoms with Crippen LogP contribution in [-0.2, 0) is 13.6 Å². The summed E-state index contributed by atoms with van der Waals surface area (Å²) in [5.41, 5.74) is 1.34. The molecule has 3 rings (SSSR count). The van der Waals surface area contributed by atoms with Crippen LogP contribution in [0.4, 0.5) is 0 Å². The van der Waals surface area contributed by atoms with Crippen LogP contribution in [-0.4, -0.2) is 50.8 Å². The van der Waals surface area contributed by atoms with Gasteiger partial charge in [0.2, 0.25) is 0 Å². The molecular formula is C14H24N4. The summed E-state index contributed by atoms with van der Waals surface area (Å²) >= 11 is 0. The smallest absolute Gasteiger partial charge is 0.0534 e. The number of nitrogens with zero attached hydrogens (tertiary/aromatic N) is 4. The molecule has 0 aliphatic carbocycles. The van der Waals surface area contributed by atoms with Crippen LogP contribution in [0, 0.1) is 0 Å². The normalized spacial score (nSPS) is 29.3. The second kappa shape index (κ2) is 4.67. The van der Waals surface area contributed by atoms with Gasteiger partial charge in [-0.05, 0) is 26.7 Å². The number of aromatic nitrogens is 2. The number of hydrogen-bond donors (Lipinski definition) is 0. The molecule has 2 atom stereocenters. The van der Waals surface area contributed by atoms with Crippen LogP contribution in [0.1, 0.15) is 32.3 Å². The molecule has 18 heavy (non-hydrogen) atoms. The van der Waals surface area contributed by atoms with Gasteiger partial charge in [0.1, 0.15) is 0 Å². The van der Waals surface area contributed by atoms with Crippen LogP contribution in [0.15, 0.2) is 12.4 Å². The Morgan fingerprint density at radius 3 is 2.44 bits per heavy atom. The van der Waals surface area contributed by atoms with Crippen molar-refractivity contribution in [1.82, 2.24) is 19.6 Å². The van der Waals surface area contributed by atoms with E-state index in [1.54, 1.807) is 0 Å². The van der Waals surface area contributed by atoms with E-state index in [2.05, 4.69) is 34.9 Å². The number of aryl methyl sites for hydroxylation is 1. The highest BCUT2D eigenvalue weighted by Crippen LogP contribution is 2.32. The summed E-state index contributed by atoms with van der Waals surface area (Å²) in [5.74, 6) is 0. The Bertz CT molecular complexity index is 398. The van der Waals surface area contributed by atoms with Crippen LogP contribution in [0.5, 0.6) is 0 Å². The summed E-state index contributed by atoms with van der Waals surface area (Å²) in [5, 5.41) is 4.26. The first-order valence-corrected chi connectivity index (χ1v) is 7.11. The van der Waals surface area contributed by atoms with Gasteiger partial charge in [0.05, 0.1) is 6.20 Å². The molecule has 0 N–H and O–H groups in total. The molecule has 1 aromatic rings. The summed E-state index contributed by atoms with van der Waals surface area (Å²) in [6, 6.07) is 2.25. The lowest BCUT2D eigenvalue weighted by Crippen LogP contribution is -2.55. The highest BCUT2D eigenvalue weighted by Gasteiger charge is 2.40. The Hall–Kier alpha value is -0.870. The first-order valence-electron chi connectivity index (χ1n) is 7.11. The van der Waals surface area contributed by atoms with E-state index in [9.17, 15) is 0 Å². The van der Waals surface area contributed by atoms with Crippen LogP contribution >= 0.6 is 0 Å². The predicted octanol–water partition coefficient (Wildman–Crippen LogP) is 1.48. The summed E-state index contributed by atoms with van der Waals surface area (Å²) < 4.78 is 1.90. The van der Waals surface area contributed by atoms with Gasteiger partial charge in [0, 0.05) is 56.6 Å². The summed E-state index contributed by atoms with van der Waals surface area (Å²) in [4.78, 5) is 5.35. The van der Waals surface area contributed by atoms with E-state index in [0.29, 0.717) is 6.04 Å². The van der Waals surface area contributed by atoms with Crippen molar-refractivity contribution >= 4 is 0 Å². The fourth-order valence-corrected chi connectivity index (χ4v) is 3.81. The minimum atomic E-state index is 0.697. The molecule has 2 aliphatic rings. The number of likely N-dealkylation sites (tertiary alicyclic amines) is 1.